The number of fused-ring (bicyclic) bond motifs is 4. The summed E-state index contributed by atoms with van der Waals surface area (Å²) in [6, 6.07) is 2.40. The average molecular weight is 376 g/mol. The summed E-state index contributed by atoms with van der Waals surface area (Å²) in [4.78, 5) is 2.70. The second kappa shape index (κ2) is 7.93. The average Bonchev–Trinajstić information content (AvgIpc) is 3.00. The van der Waals surface area contributed by atoms with Gasteiger partial charge in [0.15, 0.2) is 0 Å². The van der Waals surface area contributed by atoms with E-state index < -0.39 is 0 Å². The Hall–Kier alpha value is -1.76. The first kappa shape index (κ1) is 19.6. The molecule has 1 aromatic rings. The molecule has 2 heterocycles. The maximum Gasteiger partial charge on any atom is 0.0396 e. The Kier molecular flexibility index (Phi) is 5.54. The second-order valence-electron chi connectivity index (χ2n) is 9.28. The van der Waals surface area contributed by atoms with Crippen LogP contribution < -0.4 is 0 Å². The molecule has 1 unspecified atom stereocenters. The van der Waals surface area contributed by atoms with Gasteiger partial charge in [-0.1, -0.05) is 36.6 Å². The van der Waals surface area contributed by atoms with E-state index in [0.717, 1.165) is 6.54 Å². The maximum absolute atomic E-state index is 2.70. The predicted octanol–water partition coefficient (Wildman–Crippen LogP) is 7.06. The molecule has 1 saturated heterocycles. The highest BCUT2D eigenvalue weighted by Crippen LogP contribution is 2.41. The zero-order valence-corrected chi connectivity index (χ0v) is 18.6. The van der Waals surface area contributed by atoms with Crippen molar-refractivity contribution in [3.63, 3.8) is 0 Å². The Balaban J connectivity index is 1.82. The van der Waals surface area contributed by atoms with Crippen LogP contribution in [0.5, 0.6) is 0 Å². The van der Waals surface area contributed by atoms with Crippen LogP contribution >= 0.6 is 0 Å². The van der Waals surface area contributed by atoms with Gasteiger partial charge in [0, 0.05) is 24.7 Å². The van der Waals surface area contributed by atoms with E-state index in [4.69, 9.17) is 0 Å². The molecule has 4 rings (SSSR count). The van der Waals surface area contributed by atoms with Crippen LogP contribution in [-0.2, 0) is 6.42 Å². The third-order valence-corrected chi connectivity index (χ3v) is 7.53. The van der Waals surface area contributed by atoms with Crippen molar-refractivity contribution in [1.29, 1.82) is 0 Å². The number of allylic oxidation sites excluding steroid dienone is 4. The Labute approximate surface area is 172 Å². The van der Waals surface area contributed by atoms with Crippen LogP contribution in [0, 0.1) is 26.7 Å². The number of aryl methyl sites for hydroxylation is 2. The molecule has 1 heteroatoms. The number of hydrogen-bond acceptors (Lipinski definition) is 1. The van der Waals surface area contributed by atoms with Gasteiger partial charge in [-0.2, -0.15) is 0 Å². The van der Waals surface area contributed by atoms with Crippen LogP contribution in [0.3, 0.4) is 0 Å². The van der Waals surface area contributed by atoms with Gasteiger partial charge >= 0.3 is 0 Å². The van der Waals surface area contributed by atoms with Crippen molar-refractivity contribution in [2.24, 2.45) is 5.92 Å². The first-order valence-corrected chi connectivity index (χ1v) is 11.4. The molecule has 1 fully saturated rings. The minimum atomic E-state index is 0.623. The molecule has 2 aliphatic heterocycles. The van der Waals surface area contributed by atoms with Crippen molar-refractivity contribution in [1.82, 2.24) is 4.90 Å². The first-order valence-electron chi connectivity index (χ1n) is 11.4. The number of hydrogen-bond donors (Lipinski definition) is 0. The minimum Gasteiger partial charge on any atom is -0.370 e. The molecule has 0 spiro atoms. The summed E-state index contributed by atoms with van der Waals surface area (Å²) in [6.45, 7) is 13.9. The minimum absolute atomic E-state index is 0.623. The molecule has 1 nitrogen and oxygen atoms in total. The lowest BCUT2D eigenvalue weighted by Crippen LogP contribution is -2.22. The quantitative estimate of drug-likeness (QED) is 0.508. The third-order valence-electron chi connectivity index (χ3n) is 7.53. The van der Waals surface area contributed by atoms with Gasteiger partial charge in [-0.15, -0.1) is 0 Å². The summed E-state index contributed by atoms with van der Waals surface area (Å²) in [5.74, 6) is 0.623. The molecule has 0 saturated carbocycles. The largest absolute Gasteiger partial charge is 0.370 e. The van der Waals surface area contributed by atoms with Crippen molar-refractivity contribution < 1.29 is 0 Å². The maximum atomic E-state index is 2.70. The standard InChI is InChI=1S/C27H37N/c1-6-22-10-9-13-28-17-23-16-26-20(4)14-18(2)21(5)24(26)11-7-8-12-25(23)27(28)15-19(22)3/h14-16,25H,6-13,17H2,1-5H3/b22-19-,23-16-,27-15-. The lowest BCUT2D eigenvalue weighted by molar-refractivity contribution is 0.378. The fraction of sp³-hybridized carbons (Fsp3) is 0.556. The summed E-state index contributed by atoms with van der Waals surface area (Å²) >= 11 is 0. The summed E-state index contributed by atoms with van der Waals surface area (Å²) in [7, 11) is 0. The van der Waals surface area contributed by atoms with Gasteiger partial charge in [-0.3, -0.25) is 0 Å². The van der Waals surface area contributed by atoms with Gasteiger partial charge in [0.2, 0.25) is 0 Å². The number of rotatable bonds is 1. The molecule has 0 amide bonds. The normalized spacial score (nSPS) is 29.0. The first-order chi connectivity index (χ1) is 13.5. The molecule has 0 aromatic heterocycles. The van der Waals surface area contributed by atoms with Gasteiger partial charge in [0.05, 0.1) is 0 Å². The molecule has 1 atom stereocenters. The van der Waals surface area contributed by atoms with Crippen molar-refractivity contribution in [2.45, 2.75) is 79.6 Å². The van der Waals surface area contributed by atoms with Gasteiger partial charge < -0.3 is 4.90 Å². The Morgan fingerprint density at radius 1 is 0.964 bits per heavy atom. The summed E-state index contributed by atoms with van der Waals surface area (Å²) in [6.07, 6.45) is 14.1. The Morgan fingerprint density at radius 2 is 1.79 bits per heavy atom. The SMILES string of the molecule is CC/C1=C(C)/C=C2/C3CCCCc4c(C)c(C)cc(C)c4/C=C\3CN2CCC1. The van der Waals surface area contributed by atoms with E-state index >= 15 is 0 Å². The topological polar surface area (TPSA) is 3.24 Å². The lowest BCUT2D eigenvalue weighted by atomic mass is 9.89. The molecule has 0 radical (unpaired) electrons. The molecular formula is C27H37N. The molecule has 1 aliphatic carbocycles. The second-order valence-corrected chi connectivity index (χ2v) is 9.28. The van der Waals surface area contributed by atoms with E-state index in [0.29, 0.717) is 5.92 Å². The van der Waals surface area contributed by atoms with Crippen LogP contribution in [0.1, 0.15) is 80.2 Å². The lowest BCUT2D eigenvalue weighted by Gasteiger charge is -2.25. The van der Waals surface area contributed by atoms with Crippen molar-refractivity contribution in [3.8, 4) is 0 Å². The van der Waals surface area contributed by atoms with Gasteiger partial charge in [-0.25, -0.2) is 0 Å². The number of nitrogens with zero attached hydrogens (tertiary/aromatic N) is 1. The van der Waals surface area contributed by atoms with E-state index in [1.54, 1.807) is 22.4 Å². The molecule has 28 heavy (non-hydrogen) atoms. The van der Waals surface area contributed by atoms with Crippen LogP contribution in [0.25, 0.3) is 6.08 Å². The zero-order chi connectivity index (χ0) is 19.8. The molecule has 3 aliphatic rings. The van der Waals surface area contributed by atoms with Crippen LogP contribution in [0.15, 0.2) is 34.6 Å². The Bertz CT molecular complexity index is 865. The van der Waals surface area contributed by atoms with E-state index in [9.17, 15) is 0 Å². The summed E-state index contributed by atoms with van der Waals surface area (Å²) in [5.41, 5.74) is 14.1. The molecule has 0 bridgehead atoms. The highest BCUT2D eigenvalue weighted by molar-refractivity contribution is 5.65. The van der Waals surface area contributed by atoms with E-state index in [2.05, 4.69) is 57.7 Å². The van der Waals surface area contributed by atoms with Crippen molar-refractivity contribution >= 4 is 6.08 Å². The molecule has 0 N–H and O–H groups in total. The molecule has 150 valence electrons. The van der Waals surface area contributed by atoms with E-state index in [-0.39, 0.29) is 0 Å². The molecular weight excluding hydrogens is 338 g/mol. The van der Waals surface area contributed by atoms with Gasteiger partial charge in [0.25, 0.3) is 0 Å². The van der Waals surface area contributed by atoms with Crippen molar-refractivity contribution in [3.05, 3.63) is 62.4 Å². The van der Waals surface area contributed by atoms with Gasteiger partial charge in [-0.05, 0) is 106 Å². The highest BCUT2D eigenvalue weighted by atomic mass is 15.2. The predicted molar refractivity (Wildman–Crippen MR) is 122 cm³/mol. The van der Waals surface area contributed by atoms with Crippen molar-refractivity contribution in [2.75, 3.05) is 13.1 Å². The van der Waals surface area contributed by atoms with E-state index in [1.165, 1.54) is 79.3 Å². The summed E-state index contributed by atoms with van der Waals surface area (Å²) < 4.78 is 0. The fourth-order valence-corrected chi connectivity index (χ4v) is 5.72. The smallest absolute Gasteiger partial charge is 0.0396 e. The highest BCUT2D eigenvalue weighted by Gasteiger charge is 2.33. The van der Waals surface area contributed by atoms with Crippen LogP contribution in [0.4, 0.5) is 0 Å². The van der Waals surface area contributed by atoms with E-state index in [1.807, 2.05) is 0 Å². The van der Waals surface area contributed by atoms with Gasteiger partial charge in [0.1, 0.15) is 0 Å². The monoisotopic (exact) mass is 375 g/mol. The molecule has 1 aromatic carbocycles. The van der Waals surface area contributed by atoms with Crippen LogP contribution in [-0.4, -0.2) is 18.0 Å². The Morgan fingerprint density at radius 3 is 2.57 bits per heavy atom. The number of benzene rings is 1. The fourth-order valence-electron chi connectivity index (χ4n) is 5.72. The zero-order valence-electron chi connectivity index (χ0n) is 18.6. The van der Waals surface area contributed by atoms with Crippen LogP contribution in [0.2, 0.25) is 0 Å². The summed E-state index contributed by atoms with van der Waals surface area (Å²) in [5, 5.41) is 0. The third kappa shape index (κ3) is 3.49.